The van der Waals surface area contributed by atoms with E-state index in [1.165, 1.54) is 22.3 Å². The number of hydrogen-bond acceptors (Lipinski definition) is 1. The van der Waals surface area contributed by atoms with Gasteiger partial charge in [-0.05, 0) is 30.0 Å². The molecular weight excluding hydrogens is 280 g/mol. The van der Waals surface area contributed by atoms with Gasteiger partial charge in [-0.15, -0.1) is 0 Å². The first-order valence-electron chi connectivity index (χ1n) is 8.22. The van der Waals surface area contributed by atoms with E-state index in [1.54, 1.807) is 0 Å². The Morgan fingerprint density at radius 3 is 2.26 bits per heavy atom. The maximum atomic E-state index is 5.98. The molecule has 0 saturated heterocycles. The average molecular weight is 304 g/mol. The Kier molecular flexibility index (Phi) is 4.78. The van der Waals surface area contributed by atoms with Crippen LogP contribution in [0.4, 0.5) is 0 Å². The maximum Gasteiger partial charge on any atom is 0.0717 e. The van der Waals surface area contributed by atoms with E-state index in [1.807, 2.05) is 6.07 Å². The topological polar surface area (TPSA) is 9.23 Å². The van der Waals surface area contributed by atoms with E-state index < -0.39 is 0 Å². The minimum Gasteiger partial charge on any atom is -0.376 e. The zero-order chi connectivity index (χ0) is 16.1. The molecule has 2 aromatic carbocycles. The predicted octanol–water partition coefficient (Wildman–Crippen LogP) is 5.64. The third-order valence-corrected chi connectivity index (χ3v) is 4.41. The summed E-state index contributed by atoms with van der Waals surface area (Å²) in [6.45, 7) is 5.94. The summed E-state index contributed by atoms with van der Waals surface area (Å²) in [5.41, 5.74) is 5.40. The van der Waals surface area contributed by atoms with Gasteiger partial charge in [0, 0.05) is 5.41 Å². The summed E-state index contributed by atoms with van der Waals surface area (Å²) >= 11 is 0. The van der Waals surface area contributed by atoms with Gasteiger partial charge in [0.05, 0.1) is 13.2 Å². The minimum absolute atomic E-state index is 0.0805. The molecule has 0 N–H and O–H groups in total. The standard InChI is InChI=1S/C22H24O/c1-18-15-22(2,17-23-16-19-9-5-3-6-10-19)14-13-21(18)20-11-7-4-8-12-20/h3-14H,15-17H2,1-2H3. The van der Waals surface area contributed by atoms with E-state index in [2.05, 4.69) is 80.6 Å². The lowest BCUT2D eigenvalue weighted by Crippen LogP contribution is -2.23. The van der Waals surface area contributed by atoms with Crippen molar-refractivity contribution in [1.29, 1.82) is 0 Å². The van der Waals surface area contributed by atoms with Gasteiger partial charge >= 0.3 is 0 Å². The van der Waals surface area contributed by atoms with Gasteiger partial charge in [0.15, 0.2) is 0 Å². The molecule has 0 aromatic heterocycles. The van der Waals surface area contributed by atoms with Gasteiger partial charge in [-0.2, -0.15) is 0 Å². The van der Waals surface area contributed by atoms with Crippen LogP contribution < -0.4 is 0 Å². The molecule has 0 fully saturated rings. The summed E-state index contributed by atoms with van der Waals surface area (Å²) in [7, 11) is 0. The molecule has 3 rings (SSSR count). The van der Waals surface area contributed by atoms with Gasteiger partial charge in [-0.1, -0.05) is 85.3 Å². The van der Waals surface area contributed by atoms with Crippen molar-refractivity contribution in [2.24, 2.45) is 5.41 Å². The van der Waals surface area contributed by atoms with Crippen LogP contribution in [0.1, 0.15) is 31.4 Å². The van der Waals surface area contributed by atoms with Crippen LogP contribution in [-0.4, -0.2) is 6.61 Å². The Balaban J connectivity index is 1.62. The van der Waals surface area contributed by atoms with Crippen LogP contribution in [-0.2, 0) is 11.3 Å². The van der Waals surface area contributed by atoms with Crippen molar-refractivity contribution in [3.05, 3.63) is 89.5 Å². The summed E-state index contributed by atoms with van der Waals surface area (Å²) in [4.78, 5) is 0. The zero-order valence-electron chi connectivity index (χ0n) is 14.0. The van der Waals surface area contributed by atoms with Crippen molar-refractivity contribution in [2.75, 3.05) is 6.61 Å². The van der Waals surface area contributed by atoms with Gasteiger partial charge in [-0.25, -0.2) is 0 Å². The molecule has 118 valence electrons. The second-order valence-electron chi connectivity index (χ2n) is 6.70. The fourth-order valence-corrected chi connectivity index (χ4v) is 3.22. The van der Waals surface area contributed by atoms with Gasteiger partial charge in [0.1, 0.15) is 0 Å². The molecule has 0 aliphatic heterocycles. The van der Waals surface area contributed by atoms with Crippen LogP contribution >= 0.6 is 0 Å². The Morgan fingerprint density at radius 2 is 1.61 bits per heavy atom. The van der Waals surface area contributed by atoms with Crippen LogP contribution in [0.2, 0.25) is 0 Å². The molecule has 0 bridgehead atoms. The number of hydrogen-bond donors (Lipinski definition) is 0. The van der Waals surface area contributed by atoms with Gasteiger partial charge < -0.3 is 4.74 Å². The normalized spacial score (nSPS) is 20.8. The average Bonchev–Trinajstić information content (AvgIpc) is 2.56. The number of benzene rings is 2. The van der Waals surface area contributed by atoms with Crippen LogP contribution in [0.25, 0.3) is 5.57 Å². The lowest BCUT2D eigenvalue weighted by atomic mass is 9.77. The monoisotopic (exact) mass is 304 g/mol. The van der Waals surface area contributed by atoms with E-state index in [0.717, 1.165) is 13.0 Å². The van der Waals surface area contributed by atoms with Gasteiger partial charge in [0.2, 0.25) is 0 Å². The molecule has 1 nitrogen and oxygen atoms in total. The number of ether oxygens (including phenoxy) is 1. The summed E-state index contributed by atoms with van der Waals surface area (Å²) in [6.07, 6.45) is 5.62. The highest BCUT2D eigenvalue weighted by molar-refractivity contribution is 5.77. The highest BCUT2D eigenvalue weighted by Gasteiger charge is 2.26. The molecule has 23 heavy (non-hydrogen) atoms. The van der Waals surface area contributed by atoms with Crippen molar-refractivity contribution in [3.63, 3.8) is 0 Å². The quantitative estimate of drug-likeness (QED) is 0.694. The highest BCUT2D eigenvalue weighted by Crippen LogP contribution is 2.37. The first-order chi connectivity index (χ1) is 11.2. The van der Waals surface area contributed by atoms with Crippen molar-refractivity contribution >= 4 is 5.57 Å². The number of allylic oxidation sites excluding steroid dienone is 3. The molecule has 1 atom stereocenters. The molecule has 0 radical (unpaired) electrons. The van der Waals surface area contributed by atoms with E-state index >= 15 is 0 Å². The highest BCUT2D eigenvalue weighted by atomic mass is 16.5. The predicted molar refractivity (Wildman–Crippen MR) is 97.0 cm³/mol. The summed E-state index contributed by atoms with van der Waals surface area (Å²) in [5.74, 6) is 0. The maximum absolute atomic E-state index is 5.98. The first-order valence-corrected chi connectivity index (χ1v) is 8.22. The summed E-state index contributed by atoms with van der Waals surface area (Å²) < 4.78 is 5.98. The Labute approximate surface area is 139 Å². The van der Waals surface area contributed by atoms with Crippen LogP contribution in [0.15, 0.2) is 78.4 Å². The van der Waals surface area contributed by atoms with Gasteiger partial charge in [0.25, 0.3) is 0 Å². The summed E-state index contributed by atoms with van der Waals surface area (Å²) in [5, 5.41) is 0. The molecule has 0 heterocycles. The fourth-order valence-electron chi connectivity index (χ4n) is 3.22. The van der Waals surface area contributed by atoms with E-state index in [4.69, 9.17) is 4.74 Å². The van der Waals surface area contributed by atoms with Crippen LogP contribution in [0.3, 0.4) is 0 Å². The van der Waals surface area contributed by atoms with Crippen LogP contribution in [0.5, 0.6) is 0 Å². The molecule has 2 aromatic rings. The fraction of sp³-hybridized carbons (Fsp3) is 0.273. The number of rotatable bonds is 5. The molecule has 0 amide bonds. The second-order valence-corrected chi connectivity index (χ2v) is 6.70. The Morgan fingerprint density at radius 1 is 0.957 bits per heavy atom. The first kappa shape index (κ1) is 15.8. The molecule has 0 saturated carbocycles. The van der Waals surface area contributed by atoms with Crippen molar-refractivity contribution in [2.45, 2.75) is 26.9 Å². The molecular formula is C22H24O. The van der Waals surface area contributed by atoms with Gasteiger partial charge in [-0.3, -0.25) is 0 Å². The van der Waals surface area contributed by atoms with Crippen molar-refractivity contribution in [3.8, 4) is 0 Å². The Hall–Kier alpha value is -2.12. The minimum atomic E-state index is 0.0805. The molecule has 1 unspecified atom stereocenters. The zero-order valence-corrected chi connectivity index (χ0v) is 14.0. The van der Waals surface area contributed by atoms with Crippen molar-refractivity contribution < 1.29 is 4.74 Å². The lowest BCUT2D eigenvalue weighted by molar-refractivity contribution is 0.0640. The second kappa shape index (κ2) is 6.97. The molecule has 0 spiro atoms. The summed E-state index contributed by atoms with van der Waals surface area (Å²) in [6, 6.07) is 21.0. The van der Waals surface area contributed by atoms with E-state index in [9.17, 15) is 0 Å². The third kappa shape index (κ3) is 4.00. The van der Waals surface area contributed by atoms with E-state index in [-0.39, 0.29) is 5.41 Å². The molecule has 1 aliphatic rings. The lowest BCUT2D eigenvalue weighted by Gasteiger charge is -2.31. The molecule has 1 aliphatic carbocycles. The largest absolute Gasteiger partial charge is 0.376 e. The molecule has 1 heteroatoms. The third-order valence-electron chi connectivity index (χ3n) is 4.41. The van der Waals surface area contributed by atoms with Crippen LogP contribution in [0, 0.1) is 5.41 Å². The Bertz CT molecular complexity index is 697. The van der Waals surface area contributed by atoms with E-state index in [0.29, 0.717) is 6.61 Å². The smallest absolute Gasteiger partial charge is 0.0717 e. The van der Waals surface area contributed by atoms with Crippen molar-refractivity contribution in [1.82, 2.24) is 0 Å². The SMILES string of the molecule is CC1=C(c2ccccc2)C=CC(C)(COCc2ccccc2)C1.